The maximum atomic E-state index is 11.8. The van der Waals surface area contributed by atoms with Gasteiger partial charge >= 0.3 is 0 Å². The third-order valence-corrected chi connectivity index (χ3v) is 2.28. The molecule has 110 valence electrons. The van der Waals surface area contributed by atoms with Crippen molar-refractivity contribution < 1.29 is 22.6 Å². The van der Waals surface area contributed by atoms with Gasteiger partial charge in [0.05, 0.1) is 10.1 Å². The van der Waals surface area contributed by atoms with Crippen molar-refractivity contribution in [3.63, 3.8) is 0 Å². The molecule has 2 rings (SSSR count). The van der Waals surface area contributed by atoms with Crippen LogP contribution in [0.1, 0.15) is 20.7 Å². The molecule has 0 N–H and O–H groups in total. The molecule has 0 spiro atoms. The van der Waals surface area contributed by atoms with Crippen molar-refractivity contribution in [1.82, 2.24) is 0 Å². The average molecular weight is 305 g/mol. The highest BCUT2D eigenvalue weighted by Gasteiger charge is 2.16. The maximum Gasteiger partial charge on any atom is 0.233 e. The van der Waals surface area contributed by atoms with Gasteiger partial charge in [0.2, 0.25) is 11.6 Å². The van der Waals surface area contributed by atoms with Crippen LogP contribution in [-0.4, -0.2) is 30.8 Å². The molecule has 0 atom stereocenters. The number of Topliss-reactive ketones (excluding diaryl/α,β-unsaturated/α-hetero) is 2. The molecule has 6 heteroatoms. The van der Waals surface area contributed by atoms with Crippen molar-refractivity contribution in [2.24, 2.45) is 0 Å². The number of ketones is 2. The van der Waals surface area contributed by atoms with E-state index >= 15 is 0 Å². The number of carbonyl (C=O) groups excluding carboxylic acids is 2. The SMILES string of the molecule is CS(=O)(=O)[O-].O=C(C(=O)c1ccccc1)c1ccccc1. The van der Waals surface area contributed by atoms with Crippen LogP contribution < -0.4 is 0 Å². The van der Waals surface area contributed by atoms with Gasteiger partial charge in [-0.05, 0) is 0 Å². The van der Waals surface area contributed by atoms with Crippen molar-refractivity contribution >= 4 is 21.7 Å². The Labute approximate surface area is 123 Å². The van der Waals surface area contributed by atoms with Crippen LogP contribution in [0.15, 0.2) is 60.7 Å². The molecule has 5 nitrogen and oxygen atoms in total. The summed E-state index contributed by atoms with van der Waals surface area (Å²) < 4.78 is 27.2. The summed E-state index contributed by atoms with van der Waals surface area (Å²) in [6.45, 7) is 0. The minimum atomic E-state index is -3.92. The van der Waals surface area contributed by atoms with E-state index in [4.69, 9.17) is 13.0 Å². The predicted octanol–water partition coefficient (Wildman–Crippen LogP) is 1.91. The lowest BCUT2D eigenvalue weighted by atomic mass is 10.0. The second-order valence-corrected chi connectivity index (χ2v) is 5.50. The molecule has 0 heterocycles. The number of benzene rings is 2. The minimum absolute atomic E-state index is 0.427. The molecule has 2 aromatic carbocycles. The number of carbonyl (C=O) groups is 2. The molecule has 0 saturated carbocycles. The van der Waals surface area contributed by atoms with E-state index in [0.29, 0.717) is 17.4 Å². The summed E-state index contributed by atoms with van der Waals surface area (Å²) in [4.78, 5) is 23.6. The van der Waals surface area contributed by atoms with Gasteiger partial charge in [-0.25, -0.2) is 8.42 Å². The van der Waals surface area contributed by atoms with Crippen LogP contribution in [0.3, 0.4) is 0 Å². The standard InChI is InChI=1S/C14H10O2.CH4O3S/c15-13(11-7-3-1-4-8-11)14(16)12-9-5-2-6-10-12;1-5(2,3)4/h1-10H;1H3,(H,2,3,4)/p-1. The van der Waals surface area contributed by atoms with E-state index < -0.39 is 21.7 Å². The van der Waals surface area contributed by atoms with E-state index in [1.54, 1.807) is 48.5 Å². The fraction of sp³-hybridized carbons (Fsp3) is 0.0667. The van der Waals surface area contributed by atoms with E-state index in [1.165, 1.54) is 0 Å². The van der Waals surface area contributed by atoms with Gasteiger partial charge < -0.3 is 4.55 Å². The molecule has 21 heavy (non-hydrogen) atoms. The molecule has 0 amide bonds. The quantitative estimate of drug-likeness (QED) is 0.491. The largest absolute Gasteiger partial charge is 0.748 e. The summed E-state index contributed by atoms with van der Waals surface area (Å²) in [6.07, 6.45) is 0.604. The van der Waals surface area contributed by atoms with E-state index in [0.717, 1.165) is 0 Å². The van der Waals surface area contributed by atoms with Crippen molar-refractivity contribution in [3.8, 4) is 0 Å². The van der Waals surface area contributed by atoms with E-state index in [1.807, 2.05) is 12.1 Å². The first-order valence-corrected chi connectivity index (χ1v) is 7.70. The second-order valence-electron chi connectivity index (χ2n) is 4.09. The average Bonchev–Trinajstić information content (AvgIpc) is 2.46. The Bertz CT molecular complexity index is 649. The van der Waals surface area contributed by atoms with Crippen LogP contribution in [0.5, 0.6) is 0 Å². The van der Waals surface area contributed by atoms with Crippen LogP contribution >= 0.6 is 0 Å². The highest BCUT2D eigenvalue weighted by atomic mass is 32.2. The zero-order chi connectivity index (χ0) is 15.9. The fourth-order valence-electron chi connectivity index (χ4n) is 1.44. The molecule has 0 aliphatic heterocycles. The number of hydrogen-bond donors (Lipinski definition) is 0. The van der Waals surface area contributed by atoms with Gasteiger partial charge in [-0.15, -0.1) is 0 Å². The Balaban J connectivity index is 0.000000383. The highest BCUT2D eigenvalue weighted by molar-refractivity contribution is 7.84. The highest BCUT2D eigenvalue weighted by Crippen LogP contribution is 2.07. The zero-order valence-electron chi connectivity index (χ0n) is 11.2. The van der Waals surface area contributed by atoms with Gasteiger partial charge in [-0.1, -0.05) is 60.7 Å². The van der Waals surface area contributed by atoms with Crippen LogP contribution in [0.4, 0.5) is 0 Å². The summed E-state index contributed by atoms with van der Waals surface area (Å²) in [5, 5.41) is 0. The Kier molecular flexibility index (Phi) is 5.95. The van der Waals surface area contributed by atoms with Gasteiger partial charge in [-0.3, -0.25) is 9.59 Å². The van der Waals surface area contributed by atoms with E-state index in [9.17, 15) is 9.59 Å². The molecule has 0 unspecified atom stereocenters. The normalized spacial score (nSPS) is 10.2. The Morgan fingerprint density at radius 1 is 0.762 bits per heavy atom. The third-order valence-electron chi connectivity index (χ3n) is 2.28. The lowest BCUT2D eigenvalue weighted by Crippen LogP contribution is -2.14. The Morgan fingerprint density at radius 2 is 1.00 bits per heavy atom. The number of rotatable bonds is 3. The van der Waals surface area contributed by atoms with Crippen LogP contribution in [0.25, 0.3) is 0 Å². The Hall–Kier alpha value is -2.31. The summed E-state index contributed by atoms with van der Waals surface area (Å²) in [7, 11) is -3.92. The van der Waals surface area contributed by atoms with Crippen LogP contribution in [-0.2, 0) is 10.1 Å². The first-order valence-electron chi connectivity index (χ1n) is 5.89. The zero-order valence-corrected chi connectivity index (χ0v) is 12.0. The first-order chi connectivity index (χ1) is 9.79. The van der Waals surface area contributed by atoms with E-state index in [2.05, 4.69) is 0 Å². The van der Waals surface area contributed by atoms with E-state index in [-0.39, 0.29) is 0 Å². The van der Waals surface area contributed by atoms with Gasteiger partial charge in [0, 0.05) is 17.4 Å². The second kappa shape index (κ2) is 7.47. The molecule has 0 bridgehead atoms. The predicted molar refractivity (Wildman–Crippen MR) is 77.2 cm³/mol. The van der Waals surface area contributed by atoms with Gasteiger partial charge in [0.15, 0.2) is 0 Å². The van der Waals surface area contributed by atoms with Gasteiger partial charge in [0.1, 0.15) is 0 Å². The van der Waals surface area contributed by atoms with Crippen LogP contribution in [0.2, 0.25) is 0 Å². The molecule has 0 aliphatic carbocycles. The smallest absolute Gasteiger partial charge is 0.233 e. The van der Waals surface area contributed by atoms with Gasteiger partial charge in [-0.2, -0.15) is 0 Å². The van der Waals surface area contributed by atoms with Crippen LogP contribution in [0, 0.1) is 0 Å². The maximum absolute atomic E-state index is 11.8. The number of hydrogen-bond acceptors (Lipinski definition) is 5. The molecule has 0 saturated heterocycles. The molecule has 2 aromatic rings. The summed E-state index contributed by atoms with van der Waals surface area (Å²) >= 11 is 0. The van der Waals surface area contributed by atoms with Crippen molar-refractivity contribution in [1.29, 1.82) is 0 Å². The van der Waals surface area contributed by atoms with Crippen molar-refractivity contribution in [2.75, 3.05) is 6.26 Å². The minimum Gasteiger partial charge on any atom is -0.748 e. The summed E-state index contributed by atoms with van der Waals surface area (Å²) in [5.41, 5.74) is 0.854. The Morgan fingerprint density at radius 3 is 1.24 bits per heavy atom. The van der Waals surface area contributed by atoms with Crippen molar-refractivity contribution in [2.45, 2.75) is 0 Å². The monoisotopic (exact) mass is 305 g/mol. The lowest BCUT2D eigenvalue weighted by molar-refractivity contribution is 0.0817. The molecular weight excluding hydrogens is 292 g/mol. The third kappa shape index (κ3) is 6.60. The van der Waals surface area contributed by atoms with Gasteiger partial charge in [0.25, 0.3) is 0 Å². The summed E-state index contributed by atoms with van der Waals surface area (Å²) in [6, 6.07) is 17.2. The molecule has 0 radical (unpaired) electrons. The fourth-order valence-corrected chi connectivity index (χ4v) is 1.44. The molecular formula is C15H13O5S-. The molecule has 0 aliphatic rings. The molecule has 0 aromatic heterocycles. The first kappa shape index (κ1) is 16.7. The summed E-state index contributed by atoms with van der Waals surface area (Å²) in [5.74, 6) is -0.932. The molecule has 0 fully saturated rings. The topological polar surface area (TPSA) is 91.3 Å². The van der Waals surface area contributed by atoms with Crippen molar-refractivity contribution in [3.05, 3.63) is 71.8 Å². The lowest BCUT2D eigenvalue weighted by Gasteiger charge is -1.99.